The third kappa shape index (κ3) is 4.98. The summed E-state index contributed by atoms with van der Waals surface area (Å²) in [6.07, 6.45) is 2.61. The van der Waals surface area contributed by atoms with Gasteiger partial charge in [-0.05, 0) is 56.1 Å². The van der Waals surface area contributed by atoms with Gasteiger partial charge in [0.25, 0.3) is 0 Å². The molecule has 0 saturated carbocycles. The van der Waals surface area contributed by atoms with Crippen LogP contribution in [0.15, 0.2) is 48.5 Å². The van der Waals surface area contributed by atoms with Crippen molar-refractivity contribution in [2.75, 3.05) is 13.1 Å². The number of carbonyl (C=O) groups excluding carboxylic acids is 1. The van der Waals surface area contributed by atoms with Gasteiger partial charge in [0.15, 0.2) is 0 Å². The largest absolute Gasteiger partial charge is 0.352 e. The highest BCUT2D eigenvalue weighted by molar-refractivity contribution is 6.30. The molecule has 1 aliphatic heterocycles. The van der Waals surface area contributed by atoms with Gasteiger partial charge in [0, 0.05) is 37.1 Å². The Bertz CT molecular complexity index is 982. The molecule has 2 aromatic carbocycles. The number of nitrogens with one attached hydrogen (secondary N) is 1. The third-order valence-electron chi connectivity index (χ3n) is 5.60. The van der Waals surface area contributed by atoms with Crippen molar-refractivity contribution in [2.45, 2.75) is 45.3 Å². The summed E-state index contributed by atoms with van der Waals surface area (Å²) in [6.45, 7) is 5.49. The van der Waals surface area contributed by atoms with E-state index < -0.39 is 0 Å². The molecule has 1 amide bonds. The van der Waals surface area contributed by atoms with Gasteiger partial charge in [0.1, 0.15) is 5.82 Å². The Kier molecular flexibility index (Phi) is 6.16. The van der Waals surface area contributed by atoms with Crippen molar-refractivity contribution < 1.29 is 4.79 Å². The van der Waals surface area contributed by atoms with Crippen molar-refractivity contribution in [3.63, 3.8) is 0 Å². The van der Waals surface area contributed by atoms with Crippen LogP contribution in [-0.4, -0.2) is 39.5 Å². The lowest BCUT2D eigenvalue weighted by Gasteiger charge is -2.33. The third-order valence-corrected chi connectivity index (χ3v) is 5.85. The van der Waals surface area contributed by atoms with Crippen LogP contribution in [0.25, 0.3) is 11.0 Å². The molecule has 0 aliphatic carbocycles. The second kappa shape index (κ2) is 8.97. The Hall–Kier alpha value is -2.37. The minimum absolute atomic E-state index is 0.112. The molecule has 4 rings (SSSR count). The first kappa shape index (κ1) is 19.9. The molecule has 0 unspecified atom stereocenters. The summed E-state index contributed by atoms with van der Waals surface area (Å²) in [5.41, 5.74) is 3.32. The molecule has 0 radical (unpaired) electrons. The monoisotopic (exact) mass is 410 g/mol. The van der Waals surface area contributed by atoms with Crippen LogP contribution < -0.4 is 5.32 Å². The van der Waals surface area contributed by atoms with E-state index in [1.54, 1.807) is 0 Å². The van der Waals surface area contributed by atoms with Crippen LogP contribution in [0, 0.1) is 6.92 Å². The summed E-state index contributed by atoms with van der Waals surface area (Å²) in [5, 5.41) is 4.00. The van der Waals surface area contributed by atoms with Gasteiger partial charge in [-0.2, -0.15) is 0 Å². The summed E-state index contributed by atoms with van der Waals surface area (Å²) in [7, 11) is 0. The predicted octanol–water partition coefficient (Wildman–Crippen LogP) is 4.17. The number of amides is 1. The number of hydrogen-bond acceptors (Lipinski definition) is 3. The van der Waals surface area contributed by atoms with Gasteiger partial charge in [0.05, 0.1) is 11.0 Å². The highest BCUT2D eigenvalue weighted by Crippen LogP contribution is 2.17. The molecular formula is C23H27ClN4O. The highest BCUT2D eigenvalue weighted by Gasteiger charge is 2.21. The van der Waals surface area contributed by atoms with E-state index in [9.17, 15) is 4.79 Å². The van der Waals surface area contributed by atoms with E-state index in [0.29, 0.717) is 13.0 Å². The van der Waals surface area contributed by atoms with Gasteiger partial charge >= 0.3 is 0 Å². The molecule has 0 spiro atoms. The molecule has 1 atom stereocenters. The van der Waals surface area contributed by atoms with E-state index in [1.807, 2.05) is 37.3 Å². The number of carbonyl (C=O) groups is 1. The smallest absolute Gasteiger partial charge is 0.222 e. The molecule has 29 heavy (non-hydrogen) atoms. The Morgan fingerprint density at radius 2 is 2.00 bits per heavy atom. The zero-order valence-corrected chi connectivity index (χ0v) is 17.5. The number of para-hydroxylation sites is 2. The van der Waals surface area contributed by atoms with Gasteiger partial charge in [-0.1, -0.05) is 35.9 Å². The van der Waals surface area contributed by atoms with Crippen molar-refractivity contribution in [1.82, 2.24) is 19.8 Å². The number of nitrogens with zero attached hydrogens (tertiary/aromatic N) is 3. The molecule has 6 heteroatoms. The lowest BCUT2D eigenvalue weighted by atomic mass is 10.0. The predicted molar refractivity (Wildman–Crippen MR) is 117 cm³/mol. The summed E-state index contributed by atoms with van der Waals surface area (Å²) in [6, 6.07) is 16.3. The van der Waals surface area contributed by atoms with Gasteiger partial charge < -0.3 is 9.88 Å². The number of aromatic nitrogens is 2. The number of rotatable bonds is 6. The molecule has 1 aliphatic rings. The van der Waals surface area contributed by atoms with Crippen LogP contribution in [0.4, 0.5) is 0 Å². The van der Waals surface area contributed by atoms with Crippen LogP contribution in [0.2, 0.25) is 5.02 Å². The van der Waals surface area contributed by atoms with E-state index in [0.717, 1.165) is 54.4 Å². The fourth-order valence-corrected chi connectivity index (χ4v) is 4.28. The van der Waals surface area contributed by atoms with Crippen molar-refractivity contribution in [3.8, 4) is 0 Å². The van der Waals surface area contributed by atoms with Crippen LogP contribution in [0.5, 0.6) is 0 Å². The van der Waals surface area contributed by atoms with Gasteiger partial charge in [-0.15, -0.1) is 0 Å². The lowest BCUT2D eigenvalue weighted by molar-refractivity contribution is -0.122. The van der Waals surface area contributed by atoms with Gasteiger partial charge in [-0.25, -0.2) is 4.98 Å². The first-order valence-electron chi connectivity index (χ1n) is 10.3. The fourth-order valence-electron chi connectivity index (χ4n) is 4.16. The number of likely N-dealkylation sites (tertiary alicyclic amines) is 1. The number of imidazole rings is 1. The minimum Gasteiger partial charge on any atom is -0.352 e. The maximum atomic E-state index is 12.6. The first-order chi connectivity index (χ1) is 14.1. The summed E-state index contributed by atoms with van der Waals surface area (Å²) in [4.78, 5) is 19.6. The second-order valence-corrected chi connectivity index (χ2v) is 8.25. The highest BCUT2D eigenvalue weighted by atomic mass is 35.5. The molecule has 2 heterocycles. The number of fused-ring (bicyclic) bond motifs is 1. The topological polar surface area (TPSA) is 50.2 Å². The van der Waals surface area contributed by atoms with Crippen molar-refractivity contribution in [3.05, 3.63) is 64.9 Å². The molecule has 152 valence electrons. The molecule has 5 nitrogen and oxygen atoms in total. The molecule has 0 bridgehead atoms. The van der Waals surface area contributed by atoms with Crippen molar-refractivity contribution >= 4 is 28.5 Å². The van der Waals surface area contributed by atoms with E-state index >= 15 is 0 Å². The first-order valence-corrected chi connectivity index (χ1v) is 10.6. The number of aryl methyl sites for hydroxylation is 2. The number of hydrogen-bond donors (Lipinski definition) is 1. The minimum atomic E-state index is 0.112. The summed E-state index contributed by atoms with van der Waals surface area (Å²) in [5.74, 6) is 1.06. The van der Waals surface area contributed by atoms with Crippen LogP contribution >= 0.6 is 11.6 Å². The van der Waals surface area contributed by atoms with Gasteiger partial charge in [0.2, 0.25) is 5.91 Å². The Labute approximate surface area is 176 Å². The molecule has 3 aromatic rings. The standard InChI is InChI=1S/C23H27ClN4O/c1-17-25-21-6-2-3-7-22(21)28(17)14-12-23(29)26-20-5-4-13-27(16-20)15-18-8-10-19(24)11-9-18/h2-3,6-11,20H,4-5,12-16H2,1H3,(H,26,29)/t20-/m1/s1. The van der Waals surface area contributed by atoms with E-state index in [1.165, 1.54) is 5.56 Å². The molecule has 1 saturated heterocycles. The van der Waals surface area contributed by atoms with E-state index in [2.05, 4.69) is 38.0 Å². The number of piperidine rings is 1. The van der Waals surface area contributed by atoms with Crippen LogP contribution in [0.1, 0.15) is 30.7 Å². The molecule has 1 fully saturated rings. The summed E-state index contributed by atoms with van der Waals surface area (Å²) >= 11 is 5.98. The molecular weight excluding hydrogens is 384 g/mol. The Morgan fingerprint density at radius 3 is 2.83 bits per heavy atom. The number of benzene rings is 2. The van der Waals surface area contributed by atoms with E-state index in [-0.39, 0.29) is 11.9 Å². The van der Waals surface area contributed by atoms with E-state index in [4.69, 9.17) is 11.6 Å². The Balaban J connectivity index is 1.30. The maximum Gasteiger partial charge on any atom is 0.222 e. The second-order valence-electron chi connectivity index (χ2n) is 7.82. The zero-order chi connectivity index (χ0) is 20.2. The average Bonchev–Trinajstić information content (AvgIpc) is 3.03. The summed E-state index contributed by atoms with van der Waals surface area (Å²) < 4.78 is 2.13. The van der Waals surface area contributed by atoms with Crippen LogP contribution in [0.3, 0.4) is 0 Å². The Morgan fingerprint density at radius 1 is 1.21 bits per heavy atom. The van der Waals surface area contributed by atoms with Crippen LogP contribution in [-0.2, 0) is 17.9 Å². The maximum absolute atomic E-state index is 12.6. The SMILES string of the molecule is Cc1nc2ccccc2n1CCC(=O)N[C@@H]1CCCN(Cc2ccc(Cl)cc2)C1. The molecule has 1 aromatic heterocycles. The van der Waals surface area contributed by atoms with Gasteiger partial charge in [-0.3, -0.25) is 9.69 Å². The normalized spacial score (nSPS) is 17.5. The zero-order valence-electron chi connectivity index (χ0n) is 16.8. The van der Waals surface area contributed by atoms with Crippen molar-refractivity contribution in [2.24, 2.45) is 0 Å². The average molecular weight is 411 g/mol. The molecule has 1 N–H and O–H groups in total. The van der Waals surface area contributed by atoms with Crippen molar-refractivity contribution in [1.29, 1.82) is 0 Å². The fraction of sp³-hybridized carbons (Fsp3) is 0.391. The number of halogens is 1. The quantitative estimate of drug-likeness (QED) is 0.663. The lowest BCUT2D eigenvalue weighted by Crippen LogP contribution is -2.47.